The van der Waals surface area contributed by atoms with E-state index < -0.39 is 5.82 Å². The SMILES string of the molecule is CCCC(=O)Nc1cncc(-c2ccc3[nH]nc(-c4nc5c(-n6cnc(C)c6)nccc5[nH]4)c3c2F)c1. The molecule has 0 spiro atoms. The molecule has 0 bridgehead atoms. The van der Waals surface area contributed by atoms with Gasteiger partial charge in [0.2, 0.25) is 5.91 Å². The third-order valence-electron chi connectivity index (χ3n) is 6.04. The van der Waals surface area contributed by atoms with Crippen molar-refractivity contribution < 1.29 is 9.18 Å². The second kappa shape index (κ2) is 8.94. The number of pyridine rings is 2. The molecule has 184 valence electrons. The molecule has 0 fully saturated rings. The summed E-state index contributed by atoms with van der Waals surface area (Å²) in [4.78, 5) is 32.9. The number of hydrogen-bond acceptors (Lipinski definition) is 6. The van der Waals surface area contributed by atoms with E-state index in [4.69, 9.17) is 4.98 Å². The molecule has 0 aliphatic carbocycles. The minimum Gasteiger partial charge on any atom is -0.336 e. The van der Waals surface area contributed by atoms with Crippen molar-refractivity contribution in [3.05, 3.63) is 66.9 Å². The summed E-state index contributed by atoms with van der Waals surface area (Å²) in [5.74, 6) is 0.430. The van der Waals surface area contributed by atoms with Gasteiger partial charge in [-0.15, -0.1) is 0 Å². The fourth-order valence-corrected chi connectivity index (χ4v) is 4.33. The number of imidazole rings is 2. The van der Waals surface area contributed by atoms with Gasteiger partial charge in [0.05, 0.1) is 34.0 Å². The Balaban J connectivity index is 1.44. The molecule has 0 unspecified atom stereocenters. The number of aromatic nitrogens is 8. The first-order valence-electron chi connectivity index (χ1n) is 11.8. The van der Waals surface area contributed by atoms with Crippen LogP contribution in [0.3, 0.4) is 0 Å². The quantitative estimate of drug-likeness (QED) is 0.300. The molecule has 0 atom stereocenters. The van der Waals surface area contributed by atoms with E-state index in [2.05, 4.69) is 35.5 Å². The number of halogens is 1. The summed E-state index contributed by atoms with van der Waals surface area (Å²) in [6, 6.07) is 6.93. The zero-order valence-electron chi connectivity index (χ0n) is 20.1. The van der Waals surface area contributed by atoms with Crippen LogP contribution in [0, 0.1) is 12.7 Å². The summed E-state index contributed by atoms with van der Waals surface area (Å²) >= 11 is 0. The summed E-state index contributed by atoms with van der Waals surface area (Å²) < 4.78 is 17.8. The average molecular weight is 496 g/mol. The van der Waals surface area contributed by atoms with E-state index in [1.165, 1.54) is 0 Å². The largest absolute Gasteiger partial charge is 0.336 e. The second-order valence-electron chi connectivity index (χ2n) is 8.72. The Hall–Kier alpha value is -4.93. The number of anilines is 1. The van der Waals surface area contributed by atoms with E-state index >= 15 is 4.39 Å². The van der Waals surface area contributed by atoms with E-state index in [-0.39, 0.29) is 5.91 Å². The first kappa shape index (κ1) is 22.5. The van der Waals surface area contributed by atoms with Crippen LogP contribution in [0.15, 0.2) is 55.4 Å². The van der Waals surface area contributed by atoms with Gasteiger partial charge in [0.1, 0.15) is 23.4 Å². The summed E-state index contributed by atoms with van der Waals surface area (Å²) in [7, 11) is 0. The normalized spacial score (nSPS) is 11.4. The molecule has 0 aliphatic heterocycles. The molecule has 6 aromatic rings. The number of fused-ring (bicyclic) bond motifs is 2. The van der Waals surface area contributed by atoms with E-state index in [9.17, 15) is 4.79 Å². The van der Waals surface area contributed by atoms with Gasteiger partial charge in [0, 0.05) is 36.1 Å². The summed E-state index contributed by atoms with van der Waals surface area (Å²) in [6.07, 6.45) is 9.44. The van der Waals surface area contributed by atoms with Crippen LogP contribution in [0.4, 0.5) is 10.1 Å². The van der Waals surface area contributed by atoms with Gasteiger partial charge < -0.3 is 10.3 Å². The summed E-state index contributed by atoms with van der Waals surface area (Å²) in [5, 5.41) is 10.4. The molecule has 0 aliphatic rings. The molecule has 37 heavy (non-hydrogen) atoms. The third-order valence-corrected chi connectivity index (χ3v) is 6.04. The van der Waals surface area contributed by atoms with Crippen LogP contribution in [-0.2, 0) is 4.79 Å². The highest BCUT2D eigenvalue weighted by atomic mass is 19.1. The van der Waals surface area contributed by atoms with E-state index in [0.717, 1.165) is 17.6 Å². The van der Waals surface area contributed by atoms with E-state index in [1.807, 2.05) is 20.0 Å². The van der Waals surface area contributed by atoms with Crippen molar-refractivity contribution >= 4 is 33.5 Å². The average Bonchev–Trinajstić information content (AvgIpc) is 3.62. The monoisotopic (exact) mass is 495 g/mol. The van der Waals surface area contributed by atoms with Crippen molar-refractivity contribution in [2.75, 3.05) is 5.32 Å². The van der Waals surface area contributed by atoms with Crippen molar-refractivity contribution in [1.29, 1.82) is 0 Å². The molecule has 0 saturated heterocycles. The van der Waals surface area contributed by atoms with E-state index in [1.54, 1.807) is 53.8 Å². The third kappa shape index (κ3) is 3.99. The minimum atomic E-state index is -0.468. The summed E-state index contributed by atoms with van der Waals surface area (Å²) in [6.45, 7) is 3.83. The predicted octanol–water partition coefficient (Wildman–Crippen LogP) is 4.94. The van der Waals surface area contributed by atoms with Crippen LogP contribution in [0.1, 0.15) is 25.5 Å². The topological polar surface area (TPSA) is 130 Å². The molecule has 3 N–H and O–H groups in total. The maximum atomic E-state index is 16.0. The first-order valence-corrected chi connectivity index (χ1v) is 11.8. The number of carbonyl (C=O) groups excluding carboxylic acids is 1. The highest BCUT2D eigenvalue weighted by Crippen LogP contribution is 2.34. The van der Waals surface area contributed by atoms with Crippen LogP contribution in [0.2, 0.25) is 0 Å². The van der Waals surface area contributed by atoms with Crippen LogP contribution in [0.25, 0.3) is 50.4 Å². The van der Waals surface area contributed by atoms with Crippen molar-refractivity contribution in [3.63, 3.8) is 0 Å². The number of aryl methyl sites for hydroxylation is 1. The zero-order valence-corrected chi connectivity index (χ0v) is 20.1. The Kier molecular flexibility index (Phi) is 5.44. The van der Waals surface area contributed by atoms with Gasteiger partial charge >= 0.3 is 0 Å². The molecule has 6 rings (SSSR count). The molecule has 5 aromatic heterocycles. The Bertz CT molecular complexity index is 1780. The molecule has 5 heterocycles. The van der Waals surface area contributed by atoms with Crippen molar-refractivity contribution in [1.82, 2.24) is 39.7 Å². The van der Waals surface area contributed by atoms with E-state index in [0.29, 0.717) is 57.0 Å². The lowest BCUT2D eigenvalue weighted by Gasteiger charge is -2.08. The Labute approximate surface area is 210 Å². The van der Waals surface area contributed by atoms with Gasteiger partial charge in [-0.3, -0.25) is 19.4 Å². The molecule has 11 heteroatoms. The number of nitrogens with zero attached hydrogens (tertiary/aromatic N) is 6. The highest BCUT2D eigenvalue weighted by Gasteiger charge is 2.21. The molecular weight excluding hydrogens is 473 g/mol. The Morgan fingerprint density at radius 2 is 2.05 bits per heavy atom. The number of benzene rings is 1. The van der Waals surface area contributed by atoms with Gasteiger partial charge in [-0.2, -0.15) is 5.10 Å². The first-order chi connectivity index (χ1) is 18.0. The number of nitrogens with one attached hydrogen (secondary N) is 3. The molecule has 0 saturated carbocycles. The lowest BCUT2D eigenvalue weighted by Crippen LogP contribution is -2.10. The predicted molar refractivity (Wildman–Crippen MR) is 138 cm³/mol. The van der Waals surface area contributed by atoms with Crippen LogP contribution in [0.5, 0.6) is 0 Å². The number of H-pyrrole nitrogens is 2. The number of amides is 1. The second-order valence-corrected chi connectivity index (χ2v) is 8.72. The smallest absolute Gasteiger partial charge is 0.224 e. The number of rotatable bonds is 6. The van der Waals surface area contributed by atoms with Crippen LogP contribution in [-0.4, -0.2) is 45.6 Å². The standard InChI is InChI=1S/C26H22FN9O/c1-3-4-20(37)31-16-9-15(10-28-11-16)17-5-6-18-21(22(17)27)24(35-34-18)25-32-19-7-8-29-26(23(19)33-25)36-12-14(2)30-13-36/h5-13H,3-4H2,1-2H3,(H,31,37)(H,32,33)(H,34,35). The molecule has 1 amide bonds. The number of aromatic amines is 2. The zero-order chi connectivity index (χ0) is 25.5. The molecule has 10 nitrogen and oxygen atoms in total. The van der Waals surface area contributed by atoms with Crippen LogP contribution < -0.4 is 5.32 Å². The van der Waals surface area contributed by atoms with Gasteiger partial charge in [0.15, 0.2) is 11.6 Å². The van der Waals surface area contributed by atoms with Gasteiger partial charge in [0.25, 0.3) is 0 Å². The maximum Gasteiger partial charge on any atom is 0.224 e. The Morgan fingerprint density at radius 1 is 1.16 bits per heavy atom. The fourth-order valence-electron chi connectivity index (χ4n) is 4.33. The summed E-state index contributed by atoms with van der Waals surface area (Å²) in [5.41, 5.74) is 4.45. The molecular formula is C26H22FN9O. The van der Waals surface area contributed by atoms with Gasteiger partial charge in [-0.25, -0.2) is 19.3 Å². The molecule has 1 aromatic carbocycles. The highest BCUT2D eigenvalue weighted by molar-refractivity contribution is 5.97. The fraction of sp³-hybridized carbons (Fsp3) is 0.154. The van der Waals surface area contributed by atoms with Crippen molar-refractivity contribution in [2.24, 2.45) is 0 Å². The Morgan fingerprint density at radius 3 is 2.86 bits per heavy atom. The number of carbonyl (C=O) groups is 1. The van der Waals surface area contributed by atoms with Gasteiger partial charge in [-0.05, 0) is 37.6 Å². The van der Waals surface area contributed by atoms with Crippen molar-refractivity contribution in [2.45, 2.75) is 26.7 Å². The maximum absolute atomic E-state index is 16.0. The minimum absolute atomic E-state index is 0.112. The molecule has 0 radical (unpaired) electrons. The lowest BCUT2D eigenvalue weighted by molar-refractivity contribution is -0.116. The van der Waals surface area contributed by atoms with Crippen molar-refractivity contribution in [3.8, 4) is 28.5 Å². The van der Waals surface area contributed by atoms with Crippen LogP contribution >= 0.6 is 0 Å². The van der Waals surface area contributed by atoms with Gasteiger partial charge in [-0.1, -0.05) is 6.92 Å². The lowest BCUT2D eigenvalue weighted by atomic mass is 10.0. The number of hydrogen-bond donors (Lipinski definition) is 3.